The number of likely N-dealkylation sites (tertiary alicyclic amines) is 1. The molecule has 1 amide bonds. The highest BCUT2D eigenvalue weighted by Gasteiger charge is 2.36. The molecule has 1 aromatic carbocycles. The van der Waals surface area contributed by atoms with Gasteiger partial charge in [0, 0.05) is 6.54 Å². The minimum Gasteiger partial charge on any atom is -0.484 e. The van der Waals surface area contributed by atoms with Crippen LogP contribution in [0, 0.1) is 6.92 Å². The van der Waals surface area contributed by atoms with Gasteiger partial charge < -0.3 is 19.1 Å². The van der Waals surface area contributed by atoms with Crippen LogP contribution in [0.3, 0.4) is 0 Å². The lowest BCUT2D eigenvalue weighted by Crippen LogP contribution is -2.51. The molecule has 0 aromatic heterocycles. The molecule has 5 nitrogen and oxygen atoms in total. The molecular formula is C17H23NO4. The summed E-state index contributed by atoms with van der Waals surface area (Å²) >= 11 is 0. The fourth-order valence-corrected chi connectivity index (χ4v) is 3.01. The predicted molar refractivity (Wildman–Crippen MR) is 81.7 cm³/mol. The highest BCUT2D eigenvalue weighted by atomic mass is 16.7. The number of nitrogens with zero attached hydrogens (tertiary/aromatic N) is 1. The van der Waals surface area contributed by atoms with Gasteiger partial charge in [-0.2, -0.15) is 0 Å². The summed E-state index contributed by atoms with van der Waals surface area (Å²) in [6.07, 6.45) is 2.79. The van der Waals surface area contributed by atoms with Crippen LogP contribution in [-0.2, 0) is 14.3 Å². The summed E-state index contributed by atoms with van der Waals surface area (Å²) in [6, 6.07) is 7.75. The molecule has 2 fully saturated rings. The van der Waals surface area contributed by atoms with Gasteiger partial charge in [0.1, 0.15) is 5.75 Å². The SMILES string of the molecule is Cc1ccc(OCC(=O)N2CCCC[C@@H]2C2OCCO2)cc1. The van der Waals surface area contributed by atoms with Crippen molar-refractivity contribution in [2.24, 2.45) is 0 Å². The first-order chi connectivity index (χ1) is 10.7. The number of ether oxygens (including phenoxy) is 3. The van der Waals surface area contributed by atoms with Gasteiger partial charge in [-0.05, 0) is 38.3 Å². The Morgan fingerprint density at radius 3 is 2.68 bits per heavy atom. The maximum atomic E-state index is 12.5. The van der Waals surface area contributed by atoms with Crippen molar-refractivity contribution >= 4 is 5.91 Å². The lowest BCUT2D eigenvalue weighted by molar-refractivity contribution is -0.152. The smallest absolute Gasteiger partial charge is 0.260 e. The molecule has 0 spiro atoms. The second kappa shape index (κ2) is 7.11. The summed E-state index contributed by atoms with van der Waals surface area (Å²) < 4.78 is 16.8. The summed E-state index contributed by atoms with van der Waals surface area (Å²) in [6.45, 7) is 4.07. The van der Waals surface area contributed by atoms with Crippen molar-refractivity contribution in [1.82, 2.24) is 4.90 Å². The molecule has 2 aliphatic heterocycles. The molecule has 22 heavy (non-hydrogen) atoms. The zero-order valence-corrected chi connectivity index (χ0v) is 13.0. The minimum atomic E-state index is -0.274. The normalized spacial score (nSPS) is 22.8. The van der Waals surface area contributed by atoms with E-state index in [9.17, 15) is 4.79 Å². The van der Waals surface area contributed by atoms with E-state index in [-0.39, 0.29) is 24.8 Å². The van der Waals surface area contributed by atoms with Crippen molar-refractivity contribution in [2.45, 2.75) is 38.5 Å². The molecule has 0 unspecified atom stereocenters. The number of benzene rings is 1. The number of aryl methyl sites for hydroxylation is 1. The molecule has 2 heterocycles. The Balaban J connectivity index is 1.58. The van der Waals surface area contributed by atoms with E-state index in [1.807, 2.05) is 36.1 Å². The summed E-state index contributed by atoms with van der Waals surface area (Å²) in [5.41, 5.74) is 1.17. The first kappa shape index (κ1) is 15.3. The molecule has 1 atom stereocenters. The average molecular weight is 305 g/mol. The Bertz CT molecular complexity index is 496. The van der Waals surface area contributed by atoms with Crippen molar-refractivity contribution < 1.29 is 19.0 Å². The van der Waals surface area contributed by atoms with E-state index in [1.165, 1.54) is 5.56 Å². The summed E-state index contributed by atoms with van der Waals surface area (Å²) in [7, 11) is 0. The summed E-state index contributed by atoms with van der Waals surface area (Å²) in [4.78, 5) is 14.4. The molecule has 0 N–H and O–H groups in total. The van der Waals surface area contributed by atoms with Gasteiger partial charge in [-0.1, -0.05) is 17.7 Å². The predicted octanol–water partition coefficient (Wildman–Crippen LogP) is 2.13. The van der Waals surface area contributed by atoms with Crippen LogP contribution in [0.1, 0.15) is 24.8 Å². The highest BCUT2D eigenvalue weighted by molar-refractivity contribution is 5.78. The number of carbonyl (C=O) groups excluding carboxylic acids is 1. The van der Waals surface area contributed by atoms with Crippen molar-refractivity contribution in [3.05, 3.63) is 29.8 Å². The monoisotopic (exact) mass is 305 g/mol. The maximum Gasteiger partial charge on any atom is 0.260 e. The second-order valence-electron chi connectivity index (χ2n) is 5.86. The summed E-state index contributed by atoms with van der Waals surface area (Å²) in [5.74, 6) is 0.727. The third kappa shape index (κ3) is 3.59. The van der Waals surface area contributed by atoms with Crippen LogP contribution in [0.15, 0.2) is 24.3 Å². The quantitative estimate of drug-likeness (QED) is 0.855. The largest absolute Gasteiger partial charge is 0.484 e. The zero-order chi connectivity index (χ0) is 15.4. The number of amides is 1. The van der Waals surface area contributed by atoms with E-state index in [1.54, 1.807) is 0 Å². The number of hydrogen-bond acceptors (Lipinski definition) is 4. The van der Waals surface area contributed by atoms with Crippen molar-refractivity contribution in [3.63, 3.8) is 0 Å². The highest BCUT2D eigenvalue weighted by Crippen LogP contribution is 2.24. The molecule has 2 saturated heterocycles. The van der Waals surface area contributed by atoms with Gasteiger partial charge in [0.25, 0.3) is 5.91 Å². The van der Waals surface area contributed by atoms with E-state index in [2.05, 4.69) is 0 Å². The van der Waals surface area contributed by atoms with Crippen LogP contribution in [0.25, 0.3) is 0 Å². The van der Waals surface area contributed by atoms with Gasteiger partial charge in [0.05, 0.1) is 19.3 Å². The molecule has 2 aliphatic rings. The fourth-order valence-electron chi connectivity index (χ4n) is 3.01. The maximum absolute atomic E-state index is 12.5. The van der Waals surface area contributed by atoms with Crippen LogP contribution in [0.4, 0.5) is 0 Å². The second-order valence-corrected chi connectivity index (χ2v) is 5.86. The Hall–Kier alpha value is -1.59. The molecule has 5 heteroatoms. The topological polar surface area (TPSA) is 48.0 Å². The fraction of sp³-hybridized carbons (Fsp3) is 0.588. The molecule has 0 radical (unpaired) electrons. The molecule has 0 bridgehead atoms. The van der Waals surface area contributed by atoms with Gasteiger partial charge >= 0.3 is 0 Å². The molecule has 0 aliphatic carbocycles. The number of rotatable bonds is 4. The number of piperidine rings is 1. The molecule has 3 rings (SSSR count). The van der Waals surface area contributed by atoms with Crippen LogP contribution in [0.2, 0.25) is 0 Å². The van der Waals surface area contributed by atoms with Crippen LogP contribution in [-0.4, -0.2) is 49.5 Å². The lowest BCUT2D eigenvalue weighted by Gasteiger charge is -2.37. The van der Waals surface area contributed by atoms with E-state index < -0.39 is 0 Å². The minimum absolute atomic E-state index is 0.00405. The molecule has 1 aromatic rings. The Morgan fingerprint density at radius 2 is 1.95 bits per heavy atom. The number of carbonyl (C=O) groups is 1. The van der Waals surface area contributed by atoms with Gasteiger partial charge in [-0.3, -0.25) is 4.79 Å². The Morgan fingerprint density at radius 1 is 1.23 bits per heavy atom. The molecular weight excluding hydrogens is 282 g/mol. The van der Waals surface area contributed by atoms with Crippen molar-refractivity contribution in [1.29, 1.82) is 0 Å². The van der Waals surface area contributed by atoms with Crippen molar-refractivity contribution in [3.8, 4) is 5.75 Å². The zero-order valence-electron chi connectivity index (χ0n) is 13.0. The van der Waals surface area contributed by atoms with E-state index >= 15 is 0 Å². The first-order valence-corrected chi connectivity index (χ1v) is 7.96. The van der Waals surface area contributed by atoms with Gasteiger partial charge in [0.2, 0.25) is 0 Å². The Kier molecular flexibility index (Phi) is 4.95. The lowest BCUT2D eigenvalue weighted by atomic mass is 10.0. The van der Waals surface area contributed by atoms with Crippen molar-refractivity contribution in [2.75, 3.05) is 26.4 Å². The van der Waals surface area contributed by atoms with E-state index in [4.69, 9.17) is 14.2 Å². The number of hydrogen-bond donors (Lipinski definition) is 0. The van der Waals surface area contributed by atoms with E-state index in [0.29, 0.717) is 13.2 Å². The standard InChI is InChI=1S/C17H23NO4/c1-13-5-7-14(8-6-13)22-12-16(19)18-9-3-2-4-15(18)17-20-10-11-21-17/h5-8,15,17H,2-4,9-12H2,1H3/t15-/m1/s1. The Labute approximate surface area is 131 Å². The third-order valence-electron chi connectivity index (χ3n) is 4.21. The van der Waals surface area contributed by atoms with Gasteiger partial charge in [0.15, 0.2) is 12.9 Å². The summed E-state index contributed by atoms with van der Waals surface area (Å²) in [5, 5.41) is 0. The molecule has 0 saturated carbocycles. The van der Waals surface area contributed by atoms with Crippen LogP contribution in [0.5, 0.6) is 5.75 Å². The average Bonchev–Trinajstić information content (AvgIpc) is 3.08. The van der Waals surface area contributed by atoms with Crippen LogP contribution < -0.4 is 4.74 Å². The van der Waals surface area contributed by atoms with Crippen LogP contribution >= 0.6 is 0 Å². The van der Waals surface area contributed by atoms with Gasteiger partial charge in [-0.15, -0.1) is 0 Å². The molecule has 120 valence electrons. The van der Waals surface area contributed by atoms with E-state index in [0.717, 1.165) is 31.6 Å². The third-order valence-corrected chi connectivity index (χ3v) is 4.21. The first-order valence-electron chi connectivity index (χ1n) is 7.96. The van der Waals surface area contributed by atoms with Gasteiger partial charge in [-0.25, -0.2) is 0 Å².